The molecular formula is C31H29N7O3. The van der Waals surface area contributed by atoms with Gasteiger partial charge in [-0.3, -0.25) is 4.79 Å². The number of aromatic nitrogens is 2. The zero-order valence-electron chi connectivity index (χ0n) is 22.5. The maximum Gasteiger partial charge on any atom is 0.317 e. The summed E-state index contributed by atoms with van der Waals surface area (Å²) in [6.45, 7) is 4.89. The molecule has 7 rings (SSSR count). The van der Waals surface area contributed by atoms with Crippen LogP contribution in [0.15, 0.2) is 106 Å². The van der Waals surface area contributed by atoms with Crippen LogP contribution in [0.4, 0.5) is 11.7 Å². The minimum absolute atomic E-state index is 0.0944. The highest BCUT2D eigenvalue weighted by molar-refractivity contribution is 6.19. The molecule has 1 aliphatic carbocycles. The number of hydrogen-bond donors (Lipinski definition) is 3. The molecule has 0 spiro atoms. The van der Waals surface area contributed by atoms with Crippen LogP contribution >= 0.6 is 0 Å². The molecule has 0 radical (unpaired) electrons. The highest BCUT2D eigenvalue weighted by Crippen LogP contribution is 2.36. The topological polar surface area (TPSA) is 117 Å². The summed E-state index contributed by atoms with van der Waals surface area (Å²) in [7, 11) is 0. The van der Waals surface area contributed by atoms with Gasteiger partial charge in [0.05, 0.1) is 35.8 Å². The number of fused-ring (bicyclic) bond motifs is 2. The van der Waals surface area contributed by atoms with E-state index in [9.17, 15) is 4.79 Å². The summed E-state index contributed by atoms with van der Waals surface area (Å²) in [6, 6.07) is 17.5. The molecule has 4 aliphatic rings. The molecule has 1 saturated heterocycles. The second-order valence-corrected chi connectivity index (χ2v) is 10.3. The van der Waals surface area contributed by atoms with Crippen molar-refractivity contribution < 1.29 is 13.9 Å². The first-order valence-electron chi connectivity index (χ1n) is 13.6. The van der Waals surface area contributed by atoms with Gasteiger partial charge in [-0.2, -0.15) is 0 Å². The average Bonchev–Trinajstić information content (AvgIpc) is 3.42. The summed E-state index contributed by atoms with van der Waals surface area (Å²) >= 11 is 0. The van der Waals surface area contributed by atoms with Crippen LogP contribution in [0.3, 0.4) is 0 Å². The van der Waals surface area contributed by atoms with Gasteiger partial charge in [0, 0.05) is 24.2 Å². The second kappa shape index (κ2) is 10.2. The maximum absolute atomic E-state index is 13.3. The van der Waals surface area contributed by atoms with E-state index in [0.717, 1.165) is 41.2 Å². The number of allylic oxidation sites excluding steroid dienone is 3. The summed E-state index contributed by atoms with van der Waals surface area (Å²) < 4.78 is 11.7. The number of morpholine rings is 1. The number of nitrogens with one attached hydrogen (secondary N) is 3. The predicted octanol–water partition coefficient (Wildman–Crippen LogP) is 3.71. The first-order valence-corrected chi connectivity index (χ1v) is 13.6. The van der Waals surface area contributed by atoms with Crippen molar-refractivity contribution in [3.63, 3.8) is 0 Å². The Morgan fingerprint density at radius 1 is 1.02 bits per heavy atom. The maximum atomic E-state index is 13.3. The number of ether oxygens (including phenoxy) is 1. The number of hydrogen-bond acceptors (Lipinski definition) is 9. The molecule has 3 aromatic rings. The summed E-state index contributed by atoms with van der Waals surface area (Å²) in [5.41, 5.74) is 5.50. The summed E-state index contributed by atoms with van der Waals surface area (Å²) in [6.07, 6.45) is 9.45. The van der Waals surface area contributed by atoms with Crippen LogP contribution in [0, 0.1) is 0 Å². The number of aliphatic imine (C=N–C) groups is 1. The summed E-state index contributed by atoms with van der Waals surface area (Å²) in [5, 5.41) is 18.3. The lowest BCUT2D eigenvalue weighted by Crippen LogP contribution is -2.47. The van der Waals surface area contributed by atoms with Gasteiger partial charge in [0.1, 0.15) is 5.70 Å². The fraction of sp³-hybridized carbons (Fsp3) is 0.226. The number of dihydropyridines is 1. The van der Waals surface area contributed by atoms with Crippen LogP contribution in [0.25, 0.3) is 5.70 Å². The molecule has 0 saturated carbocycles. The standard InChI is InChI=1S/C31H29N7O3/c1-31-14-8-7-11-21(31)19-24(38-15-17-40-18-16-38)26(35-31)29-36-37-30(41-29)34-27-28(39)32-23-13-6-5-12-22(23)25(33-27)20-9-3-2-4-10-20/h2-14,19,27,35H,15-18H2,1H3,(H,32,39)(H,34,37)/t27-,31?/m1/s1. The quantitative estimate of drug-likeness (QED) is 0.443. The molecule has 41 heavy (non-hydrogen) atoms. The Morgan fingerprint density at radius 3 is 2.68 bits per heavy atom. The lowest BCUT2D eigenvalue weighted by atomic mass is 9.84. The van der Waals surface area contributed by atoms with Crippen molar-refractivity contribution in [1.29, 1.82) is 0 Å². The summed E-state index contributed by atoms with van der Waals surface area (Å²) in [5.74, 6) is -0.00981. The van der Waals surface area contributed by atoms with E-state index >= 15 is 0 Å². The number of carbonyl (C=O) groups is 1. The molecule has 1 unspecified atom stereocenters. The SMILES string of the molecule is CC12C=CC=CC1=CC(N1CCOCC1)=C(c1nnc(N[C@H]3N=C(c4ccccc4)c4ccccc4NC3=O)o1)N2. The summed E-state index contributed by atoms with van der Waals surface area (Å²) in [4.78, 5) is 20.4. The Morgan fingerprint density at radius 2 is 1.83 bits per heavy atom. The molecule has 2 atom stereocenters. The first-order chi connectivity index (χ1) is 20.1. The Kier molecular flexibility index (Phi) is 6.24. The highest BCUT2D eigenvalue weighted by atomic mass is 16.5. The van der Waals surface area contributed by atoms with Gasteiger partial charge in [-0.25, -0.2) is 4.99 Å². The van der Waals surface area contributed by atoms with Crippen molar-refractivity contribution in [3.8, 4) is 0 Å². The van der Waals surface area contributed by atoms with E-state index in [-0.39, 0.29) is 11.9 Å². The van der Waals surface area contributed by atoms with Crippen molar-refractivity contribution in [1.82, 2.24) is 20.4 Å². The van der Waals surface area contributed by atoms with Gasteiger partial charge >= 0.3 is 6.01 Å². The lowest BCUT2D eigenvalue weighted by Gasteiger charge is -2.40. The number of amides is 1. The highest BCUT2D eigenvalue weighted by Gasteiger charge is 2.36. The van der Waals surface area contributed by atoms with E-state index in [4.69, 9.17) is 14.1 Å². The Labute approximate surface area is 237 Å². The molecule has 2 aromatic carbocycles. The van der Waals surface area contributed by atoms with Crippen LogP contribution in [0.2, 0.25) is 0 Å². The molecule has 3 N–H and O–H groups in total. The Bertz CT molecular complexity index is 1650. The fourth-order valence-corrected chi connectivity index (χ4v) is 5.43. The van der Waals surface area contributed by atoms with E-state index in [1.807, 2.05) is 66.7 Å². The number of nitrogens with zero attached hydrogens (tertiary/aromatic N) is 4. The van der Waals surface area contributed by atoms with Crippen LogP contribution in [0.1, 0.15) is 23.9 Å². The Hall–Kier alpha value is -4.96. The third-order valence-corrected chi connectivity index (χ3v) is 7.59. The number of para-hydroxylation sites is 1. The van der Waals surface area contributed by atoms with Crippen molar-refractivity contribution in [2.45, 2.75) is 18.6 Å². The smallest absolute Gasteiger partial charge is 0.317 e. The van der Waals surface area contributed by atoms with E-state index in [0.29, 0.717) is 30.5 Å². The van der Waals surface area contributed by atoms with E-state index in [1.165, 1.54) is 0 Å². The van der Waals surface area contributed by atoms with Crippen molar-refractivity contribution in [3.05, 3.63) is 113 Å². The van der Waals surface area contributed by atoms with Gasteiger partial charge in [-0.1, -0.05) is 77.9 Å². The molecule has 206 valence electrons. The fourth-order valence-electron chi connectivity index (χ4n) is 5.43. The van der Waals surface area contributed by atoms with Crippen molar-refractivity contribution >= 4 is 29.0 Å². The van der Waals surface area contributed by atoms with Crippen LogP contribution in [0.5, 0.6) is 0 Å². The predicted molar refractivity (Wildman–Crippen MR) is 156 cm³/mol. The molecule has 1 fully saturated rings. The van der Waals surface area contributed by atoms with Crippen LogP contribution in [-0.4, -0.2) is 64.7 Å². The van der Waals surface area contributed by atoms with E-state index in [2.05, 4.69) is 56.2 Å². The zero-order valence-corrected chi connectivity index (χ0v) is 22.5. The van der Waals surface area contributed by atoms with Gasteiger partial charge in [0.25, 0.3) is 11.8 Å². The van der Waals surface area contributed by atoms with Crippen LogP contribution in [-0.2, 0) is 9.53 Å². The minimum Gasteiger partial charge on any atom is -0.402 e. The Balaban J connectivity index is 1.24. The van der Waals surface area contributed by atoms with E-state index in [1.54, 1.807) is 0 Å². The zero-order chi connectivity index (χ0) is 27.8. The van der Waals surface area contributed by atoms with E-state index < -0.39 is 11.7 Å². The molecule has 1 aromatic heterocycles. The monoisotopic (exact) mass is 547 g/mol. The molecule has 10 nitrogen and oxygen atoms in total. The van der Waals surface area contributed by atoms with Gasteiger partial charge in [-0.15, -0.1) is 5.10 Å². The molecule has 3 aliphatic heterocycles. The molecule has 1 amide bonds. The molecule has 4 heterocycles. The number of benzene rings is 2. The third kappa shape index (κ3) is 4.72. The van der Waals surface area contributed by atoms with Crippen molar-refractivity contribution in [2.75, 3.05) is 36.9 Å². The number of anilines is 2. The van der Waals surface area contributed by atoms with Gasteiger partial charge in [0.2, 0.25) is 6.17 Å². The molecular weight excluding hydrogens is 518 g/mol. The minimum atomic E-state index is -0.992. The lowest BCUT2D eigenvalue weighted by molar-refractivity contribution is -0.116. The first kappa shape index (κ1) is 25.0. The molecule has 10 heteroatoms. The van der Waals surface area contributed by atoms with Crippen molar-refractivity contribution in [2.24, 2.45) is 4.99 Å². The molecule has 0 bridgehead atoms. The van der Waals surface area contributed by atoms with Gasteiger partial charge in [-0.05, 0) is 24.6 Å². The van der Waals surface area contributed by atoms with Gasteiger partial charge in [0.15, 0.2) is 0 Å². The second-order valence-electron chi connectivity index (χ2n) is 10.3. The number of carbonyl (C=O) groups excluding carboxylic acids is 1. The average molecular weight is 548 g/mol. The van der Waals surface area contributed by atoms with Crippen LogP contribution < -0.4 is 16.0 Å². The third-order valence-electron chi connectivity index (χ3n) is 7.59. The number of benzodiazepines with no additional fused rings is 1. The largest absolute Gasteiger partial charge is 0.402 e. The number of rotatable bonds is 5. The normalized spacial score (nSPS) is 23.5. The van der Waals surface area contributed by atoms with Gasteiger partial charge < -0.3 is 30.0 Å².